The summed E-state index contributed by atoms with van der Waals surface area (Å²) in [4.78, 5) is 0. The van der Waals surface area contributed by atoms with E-state index >= 15 is 0 Å². The van der Waals surface area contributed by atoms with E-state index in [4.69, 9.17) is 11.6 Å². The van der Waals surface area contributed by atoms with Crippen LogP contribution in [0.2, 0.25) is 5.02 Å². The molecule has 1 saturated carbocycles. The van der Waals surface area contributed by atoms with E-state index in [1.807, 2.05) is 12.1 Å². The summed E-state index contributed by atoms with van der Waals surface area (Å²) in [7, 11) is 0. The fourth-order valence-electron chi connectivity index (χ4n) is 2.98. The lowest BCUT2D eigenvalue weighted by Gasteiger charge is -2.37. The van der Waals surface area contributed by atoms with Gasteiger partial charge in [0.05, 0.1) is 0 Å². The molecule has 0 aliphatic heterocycles. The molecule has 1 fully saturated rings. The molecule has 0 aromatic heterocycles. The van der Waals surface area contributed by atoms with Crippen LogP contribution in [0.1, 0.15) is 36.8 Å². The molecule has 0 unspecified atom stereocenters. The zero-order valence-electron chi connectivity index (χ0n) is 12.1. The van der Waals surface area contributed by atoms with Crippen LogP contribution in [0.4, 0.5) is 5.69 Å². The molecule has 1 nitrogen and oxygen atoms in total. The first-order valence-corrected chi connectivity index (χ1v) is 8.63. The van der Waals surface area contributed by atoms with Crippen LogP contribution in [0.25, 0.3) is 0 Å². The van der Waals surface area contributed by atoms with Crippen LogP contribution < -0.4 is 5.32 Å². The molecule has 0 atom stereocenters. The largest absolute Gasteiger partial charge is 0.382 e. The molecular weight excluding hydrogens is 346 g/mol. The van der Waals surface area contributed by atoms with Gasteiger partial charge in [0.25, 0.3) is 0 Å². The predicted molar refractivity (Wildman–Crippen MR) is 94.4 cm³/mol. The molecule has 0 saturated heterocycles. The van der Waals surface area contributed by atoms with E-state index in [1.165, 1.54) is 29.7 Å². The van der Waals surface area contributed by atoms with Crippen molar-refractivity contribution in [2.45, 2.75) is 38.1 Å². The zero-order valence-corrected chi connectivity index (χ0v) is 14.4. The van der Waals surface area contributed by atoms with Crippen LogP contribution in [-0.4, -0.2) is 6.04 Å². The van der Waals surface area contributed by atoms with Crippen LogP contribution in [0.5, 0.6) is 0 Å². The molecule has 3 rings (SSSR count). The van der Waals surface area contributed by atoms with Crippen molar-refractivity contribution in [2.24, 2.45) is 0 Å². The van der Waals surface area contributed by atoms with E-state index in [9.17, 15) is 0 Å². The Labute approximate surface area is 139 Å². The van der Waals surface area contributed by atoms with Crippen molar-refractivity contribution in [1.29, 1.82) is 0 Å². The van der Waals surface area contributed by atoms with Gasteiger partial charge in [-0.2, -0.15) is 0 Å². The van der Waals surface area contributed by atoms with E-state index in [2.05, 4.69) is 58.5 Å². The Kier molecular flexibility index (Phi) is 4.56. The van der Waals surface area contributed by atoms with Crippen molar-refractivity contribution in [1.82, 2.24) is 0 Å². The SMILES string of the molecule is CCc1cc(Br)ccc1NC1CC(c2cccc(Cl)c2)C1. The summed E-state index contributed by atoms with van der Waals surface area (Å²) >= 11 is 9.61. The van der Waals surface area contributed by atoms with Crippen molar-refractivity contribution in [3.8, 4) is 0 Å². The second-order valence-corrected chi connectivity index (χ2v) is 7.07. The molecule has 0 bridgehead atoms. The van der Waals surface area contributed by atoms with Crippen molar-refractivity contribution in [2.75, 3.05) is 5.32 Å². The highest BCUT2D eigenvalue weighted by Gasteiger charge is 2.30. The molecule has 0 amide bonds. The minimum atomic E-state index is 0.570. The fourth-order valence-corrected chi connectivity index (χ4v) is 3.59. The van der Waals surface area contributed by atoms with Crippen LogP contribution in [0.3, 0.4) is 0 Å². The molecule has 3 heteroatoms. The minimum Gasteiger partial charge on any atom is -0.382 e. The fraction of sp³-hybridized carbons (Fsp3) is 0.333. The summed E-state index contributed by atoms with van der Waals surface area (Å²) < 4.78 is 1.15. The Balaban J connectivity index is 1.62. The van der Waals surface area contributed by atoms with Gasteiger partial charge in [-0.3, -0.25) is 0 Å². The van der Waals surface area contributed by atoms with E-state index in [0.717, 1.165) is 15.9 Å². The normalized spacial score (nSPS) is 20.9. The van der Waals surface area contributed by atoms with Crippen LogP contribution in [0, 0.1) is 0 Å². The maximum atomic E-state index is 6.07. The molecule has 21 heavy (non-hydrogen) atoms. The average Bonchev–Trinajstić information content (AvgIpc) is 2.43. The van der Waals surface area contributed by atoms with E-state index in [-0.39, 0.29) is 0 Å². The predicted octanol–water partition coefficient (Wildman–Crippen LogP) is 6.02. The van der Waals surface area contributed by atoms with Gasteiger partial charge in [0.1, 0.15) is 0 Å². The van der Waals surface area contributed by atoms with Gasteiger partial charge in [0.2, 0.25) is 0 Å². The third-order valence-electron chi connectivity index (χ3n) is 4.27. The van der Waals surface area contributed by atoms with Gasteiger partial charge in [-0.15, -0.1) is 0 Å². The Morgan fingerprint density at radius 3 is 2.71 bits per heavy atom. The van der Waals surface area contributed by atoms with Gasteiger partial charge in [0, 0.05) is 21.2 Å². The standard InChI is InChI=1S/C18H19BrClN/c1-2-12-8-15(19)6-7-18(12)21-17-10-14(11-17)13-4-3-5-16(20)9-13/h3-9,14,17,21H,2,10-11H2,1H3. The van der Waals surface area contributed by atoms with E-state index < -0.39 is 0 Å². The molecule has 110 valence electrons. The number of halogens is 2. The Morgan fingerprint density at radius 2 is 2.00 bits per heavy atom. The molecule has 1 N–H and O–H groups in total. The maximum Gasteiger partial charge on any atom is 0.0408 e. The van der Waals surface area contributed by atoms with Crippen molar-refractivity contribution >= 4 is 33.2 Å². The first kappa shape index (κ1) is 14.9. The van der Waals surface area contributed by atoms with Crippen molar-refractivity contribution < 1.29 is 0 Å². The summed E-state index contributed by atoms with van der Waals surface area (Å²) in [6.45, 7) is 2.20. The molecule has 0 heterocycles. The first-order valence-electron chi connectivity index (χ1n) is 7.46. The Hall–Kier alpha value is -0.990. The van der Waals surface area contributed by atoms with Gasteiger partial charge >= 0.3 is 0 Å². The molecule has 2 aromatic rings. The molecular formula is C18H19BrClN. The molecule has 1 aliphatic carbocycles. The summed E-state index contributed by atoms with van der Waals surface area (Å²) in [5.41, 5.74) is 4.01. The Bertz CT molecular complexity index is 635. The number of nitrogens with one attached hydrogen (secondary N) is 1. The number of hydrogen-bond donors (Lipinski definition) is 1. The molecule has 0 spiro atoms. The van der Waals surface area contributed by atoms with E-state index in [1.54, 1.807) is 0 Å². The number of aryl methyl sites for hydroxylation is 1. The molecule has 2 aromatic carbocycles. The Morgan fingerprint density at radius 1 is 1.19 bits per heavy atom. The highest BCUT2D eigenvalue weighted by molar-refractivity contribution is 9.10. The number of hydrogen-bond acceptors (Lipinski definition) is 1. The minimum absolute atomic E-state index is 0.570. The summed E-state index contributed by atoms with van der Waals surface area (Å²) in [6, 6.07) is 15.3. The van der Waals surface area contributed by atoms with Crippen LogP contribution >= 0.6 is 27.5 Å². The van der Waals surface area contributed by atoms with Gasteiger partial charge < -0.3 is 5.32 Å². The lowest BCUT2D eigenvalue weighted by molar-refractivity contribution is 0.374. The summed E-state index contributed by atoms with van der Waals surface area (Å²) in [6.07, 6.45) is 3.41. The highest BCUT2D eigenvalue weighted by atomic mass is 79.9. The zero-order chi connectivity index (χ0) is 14.8. The summed E-state index contributed by atoms with van der Waals surface area (Å²) in [5.74, 6) is 0.640. The molecule has 0 radical (unpaired) electrons. The van der Waals surface area contributed by atoms with E-state index in [0.29, 0.717) is 12.0 Å². The second kappa shape index (κ2) is 6.41. The van der Waals surface area contributed by atoms with Crippen LogP contribution in [-0.2, 0) is 6.42 Å². The third-order valence-corrected chi connectivity index (χ3v) is 4.99. The van der Waals surface area contributed by atoms with Gasteiger partial charge in [-0.1, -0.05) is 46.6 Å². The monoisotopic (exact) mass is 363 g/mol. The molecule has 1 aliphatic rings. The maximum absolute atomic E-state index is 6.07. The number of rotatable bonds is 4. The quantitative estimate of drug-likeness (QED) is 0.699. The lowest BCUT2D eigenvalue weighted by Crippen LogP contribution is -2.34. The first-order chi connectivity index (χ1) is 10.2. The smallest absolute Gasteiger partial charge is 0.0408 e. The van der Waals surface area contributed by atoms with Gasteiger partial charge in [-0.05, 0) is 66.6 Å². The van der Waals surface area contributed by atoms with Gasteiger partial charge in [0.15, 0.2) is 0 Å². The third kappa shape index (κ3) is 3.44. The second-order valence-electron chi connectivity index (χ2n) is 5.72. The number of benzene rings is 2. The average molecular weight is 365 g/mol. The van der Waals surface area contributed by atoms with Gasteiger partial charge in [-0.25, -0.2) is 0 Å². The number of anilines is 1. The highest BCUT2D eigenvalue weighted by Crippen LogP contribution is 2.39. The lowest BCUT2D eigenvalue weighted by atomic mass is 9.75. The van der Waals surface area contributed by atoms with Crippen molar-refractivity contribution in [3.05, 3.63) is 63.1 Å². The van der Waals surface area contributed by atoms with Crippen molar-refractivity contribution in [3.63, 3.8) is 0 Å². The van der Waals surface area contributed by atoms with Crippen LogP contribution in [0.15, 0.2) is 46.9 Å². The topological polar surface area (TPSA) is 12.0 Å². The summed E-state index contributed by atoms with van der Waals surface area (Å²) in [5, 5.41) is 4.52.